The van der Waals surface area contributed by atoms with Crippen LogP contribution in [0.3, 0.4) is 0 Å². The number of aromatic nitrogens is 3. The average molecular weight is 325 g/mol. The van der Waals surface area contributed by atoms with Crippen LogP contribution in [0.15, 0.2) is 47.2 Å². The van der Waals surface area contributed by atoms with Crippen molar-refractivity contribution in [3.8, 4) is 22.4 Å². The van der Waals surface area contributed by atoms with Crippen LogP contribution in [0.2, 0.25) is 0 Å². The van der Waals surface area contributed by atoms with E-state index in [9.17, 15) is 4.79 Å². The molecule has 7 nitrogen and oxygen atoms in total. The van der Waals surface area contributed by atoms with Gasteiger partial charge in [0.15, 0.2) is 0 Å². The SMILES string of the molecule is C[C@H](CN)C(=O)Nc1cc(-c2ccc(-c3cnn(C)c3)cc2)no1. The monoisotopic (exact) mass is 325 g/mol. The smallest absolute Gasteiger partial charge is 0.231 e. The Morgan fingerprint density at radius 2 is 2.00 bits per heavy atom. The number of nitrogens with zero attached hydrogens (tertiary/aromatic N) is 3. The van der Waals surface area contributed by atoms with Crippen LogP contribution in [0.1, 0.15) is 6.92 Å². The fraction of sp³-hybridized carbons (Fsp3) is 0.235. The van der Waals surface area contributed by atoms with Crippen LogP contribution in [0, 0.1) is 5.92 Å². The Morgan fingerprint density at radius 1 is 1.29 bits per heavy atom. The summed E-state index contributed by atoms with van der Waals surface area (Å²) in [6.07, 6.45) is 3.77. The topological polar surface area (TPSA) is 99.0 Å². The molecule has 0 unspecified atom stereocenters. The quantitative estimate of drug-likeness (QED) is 0.750. The lowest BCUT2D eigenvalue weighted by atomic mass is 10.1. The number of carbonyl (C=O) groups is 1. The highest BCUT2D eigenvalue weighted by molar-refractivity contribution is 5.91. The zero-order valence-electron chi connectivity index (χ0n) is 13.6. The lowest BCUT2D eigenvalue weighted by Gasteiger charge is -2.06. The van der Waals surface area contributed by atoms with Crippen LogP contribution in [-0.2, 0) is 11.8 Å². The molecule has 7 heteroatoms. The van der Waals surface area contributed by atoms with Crippen LogP contribution in [0.25, 0.3) is 22.4 Å². The molecule has 3 rings (SSSR count). The molecule has 0 aliphatic carbocycles. The second-order valence-corrected chi connectivity index (χ2v) is 5.68. The average Bonchev–Trinajstić information content (AvgIpc) is 3.23. The van der Waals surface area contributed by atoms with Crippen LogP contribution in [-0.4, -0.2) is 27.4 Å². The van der Waals surface area contributed by atoms with Gasteiger partial charge in [-0.2, -0.15) is 5.10 Å². The second kappa shape index (κ2) is 6.67. The van der Waals surface area contributed by atoms with Crippen molar-refractivity contribution in [3.05, 3.63) is 42.7 Å². The molecule has 24 heavy (non-hydrogen) atoms. The van der Waals surface area contributed by atoms with Crippen molar-refractivity contribution in [3.63, 3.8) is 0 Å². The molecule has 0 bridgehead atoms. The zero-order valence-corrected chi connectivity index (χ0v) is 13.6. The van der Waals surface area contributed by atoms with E-state index >= 15 is 0 Å². The molecule has 0 saturated heterocycles. The van der Waals surface area contributed by atoms with Crippen molar-refractivity contribution in [1.82, 2.24) is 14.9 Å². The highest BCUT2D eigenvalue weighted by Crippen LogP contribution is 2.25. The predicted octanol–water partition coefficient (Wildman–Crippen LogP) is 2.28. The molecule has 0 saturated carbocycles. The van der Waals surface area contributed by atoms with Gasteiger partial charge in [0.25, 0.3) is 0 Å². The molecule has 0 fully saturated rings. The Morgan fingerprint density at radius 3 is 2.62 bits per heavy atom. The van der Waals surface area contributed by atoms with Gasteiger partial charge in [-0.05, 0) is 5.56 Å². The van der Waals surface area contributed by atoms with Gasteiger partial charge in [-0.3, -0.25) is 14.8 Å². The molecule has 2 heterocycles. The summed E-state index contributed by atoms with van der Waals surface area (Å²) in [6, 6.07) is 9.59. The van der Waals surface area contributed by atoms with E-state index in [0.717, 1.165) is 16.7 Å². The zero-order chi connectivity index (χ0) is 17.1. The minimum absolute atomic E-state index is 0.188. The van der Waals surface area contributed by atoms with Gasteiger partial charge in [-0.15, -0.1) is 0 Å². The number of amides is 1. The van der Waals surface area contributed by atoms with E-state index in [1.807, 2.05) is 43.7 Å². The standard InChI is InChI=1S/C17H19N5O2/c1-11(8-18)17(23)20-16-7-15(21-24-16)13-5-3-12(4-6-13)14-9-19-22(2)10-14/h3-7,9-11H,8,18H2,1-2H3,(H,20,23)/t11-/m1/s1. The Bertz CT molecular complexity index is 835. The second-order valence-electron chi connectivity index (χ2n) is 5.68. The van der Waals surface area contributed by atoms with E-state index in [1.54, 1.807) is 17.7 Å². The summed E-state index contributed by atoms with van der Waals surface area (Å²) < 4.78 is 6.93. The van der Waals surface area contributed by atoms with E-state index < -0.39 is 0 Å². The number of aryl methyl sites for hydroxylation is 1. The fourth-order valence-electron chi connectivity index (χ4n) is 2.23. The number of hydrogen-bond donors (Lipinski definition) is 2. The van der Waals surface area contributed by atoms with E-state index in [1.165, 1.54) is 0 Å². The lowest BCUT2D eigenvalue weighted by Crippen LogP contribution is -2.26. The fourth-order valence-corrected chi connectivity index (χ4v) is 2.23. The third-order valence-corrected chi connectivity index (χ3v) is 3.78. The maximum atomic E-state index is 11.8. The van der Waals surface area contributed by atoms with Gasteiger partial charge in [0.1, 0.15) is 5.69 Å². The maximum absolute atomic E-state index is 11.8. The summed E-state index contributed by atoms with van der Waals surface area (Å²) in [5.74, 6) is -0.156. The van der Waals surface area contributed by atoms with Gasteiger partial charge in [-0.25, -0.2) is 0 Å². The molecule has 1 amide bonds. The predicted molar refractivity (Wildman–Crippen MR) is 91.0 cm³/mol. The summed E-state index contributed by atoms with van der Waals surface area (Å²) >= 11 is 0. The lowest BCUT2D eigenvalue weighted by molar-refractivity contribution is -0.119. The van der Waals surface area contributed by atoms with Crippen molar-refractivity contribution in [1.29, 1.82) is 0 Å². The number of nitrogens with two attached hydrogens (primary N) is 1. The molecule has 2 aromatic heterocycles. The van der Waals surface area contributed by atoms with Gasteiger partial charge >= 0.3 is 0 Å². The molecule has 1 atom stereocenters. The molecular weight excluding hydrogens is 306 g/mol. The number of benzene rings is 1. The van der Waals surface area contributed by atoms with E-state index in [-0.39, 0.29) is 18.4 Å². The molecule has 0 radical (unpaired) electrons. The van der Waals surface area contributed by atoms with Gasteiger partial charge in [0.2, 0.25) is 11.8 Å². The Kier molecular flexibility index (Phi) is 4.43. The molecule has 0 spiro atoms. The van der Waals surface area contributed by atoms with Gasteiger partial charge in [0, 0.05) is 42.9 Å². The summed E-state index contributed by atoms with van der Waals surface area (Å²) in [6.45, 7) is 2.03. The molecule has 0 aliphatic rings. The molecule has 3 aromatic rings. The van der Waals surface area contributed by atoms with E-state index in [0.29, 0.717) is 11.6 Å². The maximum Gasteiger partial charge on any atom is 0.231 e. The summed E-state index contributed by atoms with van der Waals surface area (Å²) in [5, 5.41) is 10.8. The van der Waals surface area contributed by atoms with Crippen molar-refractivity contribution in [2.75, 3.05) is 11.9 Å². The summed E-state index contributed by atoms with van der Waals surface area (Å²) in [7, 11) is 1.88. The molecule has 0 aliphatic heterocycles. The normalized spacial score (nSPS) is 12.1. The van der Waals surface area contributed by atoms with E-state index in [2.05, 4.69) is 15.6 Å². The first-order valence-corrected chi connectivity index (χ1v) is 7.64. The van der Waals surface area contributed by atoms with Gasteiger partial charge in [-0.1, -0.05) is 36.3 Å². The van der Waals surface area contributed by atoms with E-state index in [4.69, 9.17) is 10.3 Å². The number of carbonyl (C=O) groups excluding carboxylic acids is 1. The third-order valence-electron chi connectivity index (χ3n) is 3.78. The number of nitrogens with one attached hydrogen (secondary N) is 1. The van der Waals surface area contributed by atoms with Crippen molar-refractivity contribution < 1.29 is 9.32 Å². The van der Waals surface area contributed by atoms with Crippen LogP contribution >= 0.6 is 0 Å². The Balaban J connectivity index is 1.74. The molecular formula is C17H19N5O2. The van der Waals surface area contributed by atoms with Crippen LogP contribution in [0.4, 0.5) is 5.88 Å². The minimum Gasteiger partial charge on any atom is -0.338 e. The first-order valence-electron chi connectivity index (χ1n) is 7.64. The van der Waals surface area contributed by atoms with Crippen LogP contribution < -0.4 is 11.1 Å². The number of rotatable bonds is 5. The third kappa shape index (κ3) is 3.36. The number of hydrogen-bond acceptors (Lipinski definition) is 5. The first-order chi connectivity index (χ1) is 11.6. The van der Waals surface area contributed by atoms with Gasteiger partial charge < -0.3 is 10.3 Å². The minimum atomic E-state index is -0.280. The first kappa shape index (κ1) is 15.9. The van der Waals surface area contributed by atoms with Gasteiger partial charge in [0.05, 0.1) is 6.20 Å². The van der Waals surface area contributed by atoms with Crippen molar-refractivity contribution in [2.24, 2.45) is 18.7 Å². The number of anilines is 1. The molecule has 1 aromatic carbocycles. The highest BCUT2D eigenvalue weighted by atomic mass is 16.5. The van der Waals surface area contributed by atoms with Crippen molar-refractivity contribution >= 4 is 11.8 Å². The Hall–Kier alpha value is -2.93. The largest absolute Gasteiger partial charge is 0.338 e. The summed E-state index contributed by atoms with van der Waals surface area (Å²) in [5.41, 5.74) is 9.15. The van der Waals surface area contributed by atoms with Crippen LogP contribution in [0.5, 0.6) is 0 Å². The summed E-state index contributed by atoms with van der Waals surface area (Å²) in [4.78, 5) is 11.8. The molecule has 124 valence electrons. The van der Waals surface area contributed by atoms with Crippen molar-refractivity contribution in [2.45, 2.75) is 6.92 Å². The molecule has 3 N–H and O–H groups in total. The Labute approximate surface area is 139 Å². The highest BCUT2D eigenvalue weighted by Gasteiger charge is 2.14.